The summed E-state index contributed by atoms with van der Waals surface area (Å²) in [6.07, 6.45) is 0.0155. The summed E-state index contributed by atoms with van der Waals surface area (Å²) in [5, 5.41) is 2.17. The highest BCUT2D eigenvalue weighted by molar-refractivity contribution is 5.88. The fraction of sp³-hybridized carbons (Fsp3) is 0.214. The number of carbonyl (C=O) groups is 1. The zero-order valence-electron chi connectivity index (χ0n) is 9.72. The molecule has 0 saturated heterocycles. The largest absolute Gasteiger partial charge is 0.490 e. The number of fused-ring (bicyclic) bond motifs is 1. The molecule has 1 atom stereocenters. The highest BCUT2D eigenvalue weighted by Gasteiger charge is 2.09. The molecule has 0 spiro atoms. The van der Waals surface area contributed by atoms with Crippen LogP contribution in [0.5, 0.6) is 5.75 Å². The number of nitrogens with two attached hydrogens (primary N) is 1. The van der Waals surface area contributed by atoms with Crippen LogP contribution in [0.1, 0.15) is 13.3 Å². The van der Waals surface area contributed by atoms with Gasteiger partial charge in [-0.1, -0.05) is 36.4 Å². The van der Waals surface area contributed by atoms with Gasteiger partial charge in [-0.05, 0) is 18.4 Å². The highest BCUT2D eigenvalue weighted by atomic mass is 16.5. The van der Waals surface area contributed by atoms with Gasteiger partial charge in [0.25, 0.3) is 0 Å². The van der Waals surface area contributed by atoms with Crippen molar-refractivity contribution in [3.63, 3.8) is 0 Å². The zero-order chi connectivity index (χ0) is 12.3. The molecule has 88 valence electrons. The van der Waals surface area contributed by atoms with Crippen LogP contribution >= 0.6 is 0 Å². The molecule has 0 heterocycles. The van der Waals surface area contributed by atoms with Crippen LogP contribution in [0.2, 0.25) is 0 Å². The van der Waals surface area contributed by atoms with Gasteiger partial charge in [-0.25, -0.2) is 0 Å². The summed E-state index contributed by atoms with van der Waals surface area (Å²) in [7, 11) is 0. The molecule has 0 radical (unpaired) electrons. The molecule has 1 unspecified atom stereocenters. The van der Waals surface area contributed by atoms with E-state index in [0.29, 0.717) is 0 Å². The normalized spacial score (nSPS) is 12.3. The predicted molar refractivity (Wildman–Crippen MR) is 67.8 cm³/mol. The summed E-state index contributed by atoms with van der Waals surface area (Å²) < 4.78 is 5.74. The maximum Gasteiger partial charge on any atom is 0.221 e. The summed E-state index contributed by atoms with van der Waals surface area (Å²) in [6, 6.07) is 13.9. The Hall–Kier alpha value is -2.03. The van der Waals surface area contributed by atoms with E-state index in [9.17, 15) is 4.79 Å². The molecule has 17 heavy (non-hydrogen) atoms. The quantitative estimate of drug-likeness (QED) is 0.875. The maximum atomic E-state index is 10.8. The molecule has 1 amide bonds. The SMILES string of the molecule is CC(CC(N)=O)Oc1cccc2ccccc12. The molecule has 2 rings (SSSR count). The van der Waals surface area contributed by atoms with Crippen molar-refractivity contribution in [2.24, 2.45) is 5.73 Å². The monoisotopic (exact) mass is 229 g/mol. The molecule has 2 aromatic carbocycles. The van der Waals surface area contributed by atoms with Crippen LogP contribution in [0, 0.1) is 0 Å². The first-order valence-electron chi connectivity index (χ1n) is 5.59. The van der Waals surface area contributed by atoms with Crippen molar-refractivity contribution in [1.82, 2.24) is 0 Å². The van der Waals surface area contributed by atoms with E-state index in [1.165, 1.54) is 0 Å². The second-order valence-corrected chi connectivity index (χ2v) is 4.08. The molecule has 0 aromatic heterocycles. The fourth-order valence-electron chi connectivity index (χ4n) is 1.84. The van der Waals surface area contributed by atoms with Gasteiger partial charge < -0.3 is 10.5 Å². The maximum absolute atomic E-state index is 10.8. The smallest absolute Gasteiger partial charge is 0.221 e. The Morgan fingerprint density at radius 3 is 2.71 bits per heavy atom. The second-order valence-electron chi connectivity index (χ2n) is 4.08. The lowest BCUT2D eigenvalue weighted by Crippen LogP contribution is -2.22. The van der Waals surface area contributed by atoms with Crippen molar-refractivity contribution in [3.8, 4) is 5.75 Å². The number of primary amides is 1. The van der Waals surface area contributed by atoms with Crippen molar-refractivity contribution in [3.05, 3.63) is 42.5 Å². The van der Waals surface area contributed by atoms with Crippen LogP contribution in [-0.2, 0) is 4.79 Å². The number of ether oxygens (including phenoxy) is 1. The molecule has 2 aromatic rings. The predicted octanol–water partition coefficient (Wildman–Crippen LogP) is 2.48. The van der Waals surface area contributed by atoms with Gasteiger partial charge in [-0.2, -0.15) is 0 Å². The lowest BCUT2D eigenvalue weighted by Gasteiger charge is -2.14. The minimum atomic E-state index is -0.349. The lowest BCUT2D eigenvalue weighted by molar-refractivity contribution is -0.119. The van der Waals surface area contributed by atoms with E-state index in [2.05, 4.69) is 0 Å². The Morgan fingerprint density at radius 1 is 1.24 bits per heavy atom. The van der Waals surface area contributed by atoms with Crippen molar-refractivity contribution < 1.29 is 9.53 Å². The van der Waals surface area contributed by atoms with Crippen molar-refractivity contribution >= 4 is 16.7 Å². The second kappa shape index (κ2) is 4.87. The molecule has 0 aliphatic heterocycles. The van der Waals surface area contributed by atoms with E-state index in [1.54, 1.807) is 0 Å². The van der Waals surface area contributed by atoms with E-state index in [1.807, 2.05) is 49.4 Å². The van der Waals surface area contributed by atoms with E-state index in [0.717, 1.165) is 16.5 Å². The lowest BCUT2D eigenvalue weighted by atomic mass is 10.1. The van der Waals surface area contributed by atoms with Crippen LogP contribution in [-0.4, -0.2) is 12.0 Å². The molecular formula is C14H15NO2. The van der Waals surface area contributed by atoms with Gasteiger partial charge in [-0.15, -0.1) is 0 Å². The Kier molecular flexibility index (Phi) is 3.28. The van der Waals surface area contributed by atoms with E-state index in [4.69, 9.17) is 10.5 Å². The van der Waals surface area contributed by atoms with Gasteiger partial charge in [-0.3, -0.25) is 4.79 Å². The van der Waals surface area contributed by atoms with Gasteiger partial charge in [0.05, 0.1) is 6.42 Å². The zero-order valence-corrected chi connectivity index (χ0v) is 9.72. The molecule has 0 saturated carbocycles. The third-order valence-electron chi connectivity index (χ3n) is 2.57. The summed E-state index contributed by atoms with van der Waals surface area (Å²) in [5.74, 6) is 0.439. The molecule has 0 aliphatic carbocycles. The van der Waals surface area contributed by atoms with E-state index >= 15 is 0 Å². The molecule has 2 N–H and O–H groups in total. The number of rotatable bonds is 4. The van der Waals surface area contributed by atoms with Gasteiger partial charge in [0.1, 0.15) is 11.9 Å². The Balaban J connectivity index is 2.26. The molecule has 3 heteroatoms. The minimum Gasteiger partial charge on any atom is -0.490 e. The van der Waals surface area contributed by atoms with Crippen molar-refractivity contribution in [2.75, 3.05) is 0 Å². The fourth-order valence-corrected chi connectivity index (χ4v) is 1.84. The molecule has 0 fully saturated rings. The average molecular weight is 229 g/mol. The highest BCUT2D eigenvalue weighted by Crippen LogP contribution is 2.26. The molecular weight excluding hydrogens is 214 g/mol. The topological polar surface area (TPSA) is 52.3 Å². The summed E-state index contributed by atoms with van der Waals surface area (Å²) >= 11 is 0. The number of hydrogen-bond acceptors (Lipinski definition) is 2. The standard InChI is InChI=1S/C14H15NO2/c1-10(9-14(15)16)17-13-8-4-6-11-5-2-3-7-12(11)13/h2-8,10H,9H2,1H3,(H2,15,16). The van der Waals surface area contributed by atoms with Crippen LogP contribution in [0.25, 0.3) is 10.8 Å². The third-order valence-corrected chi connectivity index (χ3v) is 2.57. The first-order chi connectivity index (χ1) is 8.16. The summed E-state index contributed by atoms with van der Waals surface area (Å²) in [6.45, 7) is 1.84. The van der Waals surface area contributed by atoms with Crippen molar-refractivity contribution in [1.29, 1.82) is 0 Å². The van der Waals surface area contributed by atoms with Crippen LogP contribution in [0.4, 0.5) is 0 Å². The number of benzene rings is 2. The van der Waals surface area contributed by atoms with Gasteiger partial charge in [0, 0.05) is 5.39 Å². The van der Waals surface area contributed by atoms with Crippen LogP contribution < -0.4 is 10.5 Å². The first-order valence-corrected chi connectivity index (χ1v) is 5.59. The van der Waals surface area contributed by atoms with Crippen molar-refractivity contribution in [2.45, 2.75) is 19.4 Å². The molecule has 3 nitrogen and oxygen atoms in total. The Bertz CT molecular complexity index is 531. The molecule has 0 aliphatic rings. The van der Waals surface area contributed by atoms with E-state index in [-0.39, 0.29) is 18.4 Å². The molecule has 0 bridgehead atoms. The Morgan fingerprint density at radius 2 is 1.94 bits per heavy atom. The number of amides is 1. The van der Waals surface area contributed by atoms with Crippen LogP contribution in [0.3, 0.4) is 0 Å². The average Bonchev–Trinajstić information content (AvgIpc) is 2.28. The number of hydrogen-bond donors (Lipinski definition) is 1. The van der Waals surface area contributed by atoms with Crippen LogP contribution in [0.15, 0.2) is 42.5 Å². The van der Waals surface area contributed by atoms with Gasteiger partial charge in [0.15, 0.2) is 0 Å². The Labute approximate surface area is 100 Å². The minimum absolute atomic E-state index is 0.210. The third kappa shape index (κ3) is 2.75. The summed E-state index contributed by atoms with van der Waals surface area (Å²) in [4.78, 5) is 10.8. The summed E-state index contributed by atoms with van der Waals surface area (Å²) in [5.41, 5.74) is 5.14. The van der Waals surface area contributed by atoms with E-state index < -0.39 is 0 Å². The first kappa shape index (κ1) is 11.5. The van der Waals surface area contributed by atoms with Gasteiger partial charge in [0.2, 0.25) is 5.91 Å². The number of carbonyl (C=O) groups excluding carboxylic acids is 1. The van der Waals surface area contributed by atoms with Gasteiger partial charge >= 0.3 is 0 Å².